The van der Waals surface area contributed by atoms with E-state index >= 15 is 0 Å². The average molecular weight is 367 g/mol. The number of aliphatic carboxylic acids is 1. The van der Waals surface area contributed by atoms with Crippen LogP contribution in [-0.4, -0.2) is 23.2 Å². The standard InChI is InChI=1S/C23H29NO3/c1-15(2)13-21(23(25)26)27-20-12-8-11-19-22(20)16(3)17(4)24(19)14-18-9-6-5-7-10-18/h5-12,15-17,21H,13-14H2,1-4H3,(H,25,26). The Kier molecular flexibility index (Phi) is 5.73. The lowest BCUT2D eigenvalue weighted by Crippen LogP contribution is -2.30. The highest BCUT2D eigenvalue weighted by Gasteiger charge is 2.36. The number of carbonyl (C=O) groups is 1. The zero-order valence-corrected chi connectivity index (χ0v) is 16.6. The van der Waals surface area contributed by atoms with E-state index in [0.29, 0.717) is 18.2 Å². The molecular formula is C23H29NO3. The molecule has 0 fully saturated rings. The Morgan fingerprint density at radius 3 is 2.44 bits per heavy atom. The first kappa shape index (κ1) is 19.3. The molecule has 2 aromatic carbocycles. The van der Waals surface area contributed by atoms with E-state index in [-0.39, 0.29) is 11.8 Å². The van der Waals surface area contributed by atoms with Crippen LogP contribution in [0.5, 0.6) is 5.75 Å². The molecule has 1 heterocycles. The summed E-state index contributed by atoms with van der Waals surface area (Å²) in [4.78, 5) is 14.0. The molecule has 0 aromatic heterocycles. The minimum atomic E-state index is -0.902. The second kappa shape index (κ2) is 8.03. The van der Waals surface area contributed by atoms with Gasteiger partial charge < -0.3 is 14.7 Å². The molecule has 0 radical (unpaired) electrons. The maximum Gasteiger partial charge on any atom is 0.344 e. The first-order valence-electron chi connectivity index (χ1n) is 9.71. The van der Waals surface area contributed by atoms with Gasteiger partial charge in [-0.3, -0.25) is 0 Å². The average Bonchev–Trinajstić information content (AvgIpc) is 2.87. The van der Waals surface area contributed by atoms with Gasteiger partial charge in [0.05, 0.1) is 0 Å². The van der Waals surface area contributed by atoms with Crippen LogP contribution in [0, 0.1) is 5.92 Å². The Morgan fingerprint density at radius 1 is 1.11 bits per heavy atom. The summed E-state index contributed by atoms with van der Waals surface area (Å²) in [5.41, 5.74) is 3.53. The van der Waals surface area contributed by atoms with Crippen LogP contribution in [-0.2, 0) is 11.3 Å². The van der Waals surface area contributed by atoms with Crippen molar-refractivity contribution < 1.29 is 14.6 Å². The molecule has 1 N–H and O–H groups in total. The summed E-state index contributed by atoms with van der Waals surface area (Å²) in [6, 6.07) is 16.7. The van der Waals surface area contributed by atoms with Gasteiger partial charge in [-0.05, 0) is 37.0 Å². The lowest BCUT2D eigenvalue weighted by Gasteiger charge is -2.26. The molecule has 0 saturated carbocycles. The van der Waals surface area contributed by atoms with Crippen LogP contribution in [0.1, 0.15) is 51.2 Å². The molecule has 1 aliphatic heterocycles. The van der Waals surface area contributed by atoms with Crippen LogP contribution in [0.25, 0.3) is 0 Å². The van der Waals surface area contributed by atoms with Crippen molar-refractivity contribution in [3.05, 3.63) is 59.7 Å². The third-order valence-electron chi connectivity index (χ3n) is 5.45. The molecule has 27 heavy (non-hydrogen) atoms. The van der Waals surface area contributed by atoms with Crippen LogP contribution < -0.4 is 9.64 Å². The van der Waals surface area contributed by atoms with Crippen molar-refractivity contribution >= 4 is 11.7 Å². The number of nitrogens with zero attached hydrogens (tertiary/aromatic N) is 1. The number of hydrogen-bond donors (Lipinski definition) is 1. The molecule has 0 amide bonds. The fourth-order valence-corrected chi connectivity index (χ4v) is 3.86. The molecule has 3 atom stereocenters. The zero-order valence-electron chi connectivity index (χ0n) is 16.6. The predicted molar refractivity (Wildman–Crippen MR) is 108 cm³/mol. The van der Waals surface area contributed by atoms with Crippen molar-refractivity contribution in [2.24, 2.45) is 5.92 Å². The van der Waals surface area contributed by atoms with E-state index in [1.807, 2.05) is 32.0 Å². The number of hydrogen-bond acceptors (Lipinski definition) is 3. The molecule has 0 bridgehead atoms. The van der Waals surface area contributed by atoms with Gasteiger partial charge in [0, 0.05) is 29.8 Å². The summed E-state index contributed by atoms with van der Waals surface area (Å²) in [6.45, 7) is 9.28. The highest BCUT2D eigenvalue weighted by molar-refractivity contribution is 5.73. The SMILES string of the molecule is CC(C)CC(Oc1cccc2c1C(C)C(C)N2Cc1ccccc1)C(=O)O. The topological polar surface area (TPSA) is 49.8 Å². The van der Waals surface area contributed by atoms with E-state index in [2.05, 4.69) is 49.1 Å². The van der Waals surface area contributed by atoms with E-state index in [1.165, 1.54) is 5.56 Å². The number of carboxylic acids is 1. The summed E-state index contributed by atoms with van der Waals surface area (Å²) in [6.07, 6.45) is -0.321. The first-order valence-corrected chi connectivity index (χ1v) is 9.71. The molecule has 0 spiro atoms. The highest BCUT2D eigenvalue weighted by Crippen LogP contribution is 2.46. The van der Waals surface area contributed by atoms with Gasteiger partial charge in [-0.2, -0.15) is 0 Å². The lowest BCUT2D eigenvalue weighted by molar-refractivity contribution is -0.145. The molecule has 0 saturated heterocycles. The van der Waals surface area contributed by atoms with E-state index in [4.69, 9.17) is 4.74 Å². The molecule has 4 heteroatoms. The van der Waals surface area contributed by atoms with Crippen LogP contribution in [0.15, 0.2) is 48.5 Å². The normalized spacial score (nSPS) is 19.8. The van der Waals surface area contributed by atoms with Gasteiger partial charge in [-0.15, -0.1) is 0 Å². The Morgan fingerprint density at radius 2 is 1.81 bits per heavy atom. The molecule has 144 valence electrons. The van der Waals surface area contributed by atoms with Crippen molar-refractivity contribution in [1.82, 2.24) is 0 Å². The fourth-order valence-electron chi connectivity index (χ4n) is 3.86. The number of rotatable bonds is 7. The van der Waals surface area contributed by atoms with Gasteiger partial charge in [0.15, 0.2) is 6.10 Å². The van der Waals surface area contributed by atoms with E-state index in [1.54, 1.807) is 0 Å². The van der Waals surface area contributed by atoms with Gasteiger partial charge >= 0.3 is 5.97 Å². The van der Waals surface area contributed by atoms with E-state index in [9.17, 15) is 9.90 Å². The van der Waals surface area contributed by atoms with Crippen LogP contribution in [0.3, 0.4) is 0 Å². The van der Waals surface area contributed by atoms with Crippen molar-refractivity contribution in [3.8, 4) is 5.75 Å². The number of benzene rings is 2. The largest absolute Gasteiger partial charge is 0.479 e. The molecule has 3 rings (SSSR count). The first-order chi connectivity index (χ1) is 12.9. The predicted octanol–water partition coefficient (Wildman–Crippen LogP) is 5.08. The van der Waals surface area contributed by atoms with Gasteiger partial charge in [-0.25, -0.2) is 4.79 Å². The molecule has 1 aliphatic rings. The van der Waals surface area contributed by atoms with Crippen molar-refractivity contribution in [2.75, 3.05) is 4.90 Å². The minimum Gasteiger partial charge on any atom is -0.479 e. The molecule has 3 unspecified atom stereocenters. The summed E-state index contributed by atoms with van der Waals surface area (Å²) < 4.78 is 6.02. The van der Waals surface area contributed by atoms with Crippen LogP contribution in [0.4, 0.5) is 5.69 Å². The summed E-state index contributed by atoms with van der Waals surface area (Å²) in [7, 11) is 0. The van der Waals surface area contributed by atoms with Crippen LogP contribution >= 0.6 is 0 Å². The third kappa shape index (κ3) is 4.10. The van der Waals surface area contributed by atoms with Gasteiger partial charge in [0.25, 0.3) is 0 Å². The number of ether oxygens (including phenoxy) is 1. The smallest absolute Gasteiger partial charge is 0.344 e. The monoisotopic (exact) mass is 367 g/mol. The maximum absolute atomic E-state index is 11.7. The second-order valence-corrected chi connectivity index (χ2v) is 7.91. The van der Waals surface area contributed by atoms with Crippen LogP contribution in [0.2, 0.25) is 0 Å². The Balaban J connectivity index is 1.91. The Labute approximate surface area is 161 Å². The van der Waals surface area contributed by atoms with Crippen molar-refractivity contribution in [2.45, 2.75) is 58.7 Å². The highest BCUT2D eigenvalue weighted by atomic mass is 16.5. The van der Waals surface area contributed by atoms with E-state index < -0.39 is 12.1 Å². The van der Waals surface area contributed by atoms with Gasteiger partial charge in [0.1, 0.15) is 5.75 Å². The number of anilines is 1. The molecule has 0 aliphatic carbocycles. The third-order valence-corrected chi connectivity index (χ3v) is 5.45. The molecule has 2 aromatic rings. The Hall–Kier alpha value is -2.49. The summed E-state index contributed by atoms with van der Waals surface area (Å²) in [5.74, 6) is 0.332. The van der Waals surface area contributed by atoms with Gasteiger partial charge in [0.2, 0.25) is 0 Å². The zero-order chi connectivity index (χ0) is 19.6. The second-order valence-electron chi connectivity index (χ2n) is 7.91. The summed E-state index contributed by atoms with van der Waals surface area (Å²) >= 11 is 0. The summed E-state index contributed by atoms with van der Waals surface area (Å²) in [5, 5.41) is 9.56. The Bertz CT molecular complexity index is 787. The van der Waals surface area contributed by atoms with E-state index in [0.717, 1.165) is 17.8 Å². The number of fused-ring (bicyclic) bond motifs is 1. The fraction of sp³-hybridized carbons (Fsp3) is 0.435. The van der Waals surface area contributed by atoms with Crippen molar-refractivity contribution in [1.29, 1.82) is 0 Å². The number of carboxylic acid groups (broad SMARTS) is 1. The lowest BCUT2D eigenvalue weighted by atomic mass is 9.97. The molecular weight excluding hydrogens is 338 g/mol. The maximum atomic E-state index is 11.7. The minimum absolute atomic E-state index is 0.258. The van der Waals surface area contributed by atoms with Crippen molar-refractivity contribution in [3.63, 3.8) is 0 Å². The molecule has 4 nitrogen and oxygen atoms in total. The quantitative estimate of drug-likeness (QED) is 0.742. The van der Waals surface area contributed by atoms with Gasteiger partial charge in [-0.1, -0.05) is 57.2 Å².